The van der Waals surface area contributed by atoms with E-state index in [1.54, 1.807) is 12.2 Å². The van der Waals surface area contributed by atoms with Crippen molar-refractivity contribution in [2.75, 3.05) is 6.54 Å². The Morgan fingerprint density at radius 1 is 1.47 bits per heavy atom. The average molecular weight is 230 g/mol. The summed E-state index contributed by atoms with van der Waals surface area (Å²) in [6.07, 6.45) is -2.86. The standard InChI is InChI=1S/C8H14F4N2O/c1-2-3-5(13)6(15)14-4-8(11,12)7(9)10/h5,7H,2-4,13H2,1H3,(H,14,15)/t5-/m1/s1. The van der Waals surface area contributed by atoms with Gasteiger partial charge in [0.2, 0.25) is 5.91 Å². The van der Waals surface area contributed by atoms with E-state index in [1.165, 1.54) is 0 Å². The van der Waals surface area contributed by atoms with Gasteiger partial charge in [0.15, 0.2) is 0 Å². The van der Waals surface area contributed by atoms with Gasteiger partial charge in [-0.15, -0.1) is 0 Å². The van der Waals surface area contributed by atoms with Crippen LogP contribution >= 0.6 is 0 Å². The van der Waals surface area contributed by atoms with Crippen molar-refractivity contribution in [3.63, 3.8) is 0 Å². The van der Waals surface area contributed by atoms with E-state index in [0.29, 0.717) is 12.8 Å². The van der Waals surface area contributed by atoms with Crippen molar-refractivity contribution in [3.05, 3.63) is 0 Å². The van der Waals surface area contributed by atoms with E-state index in [2.05, 4.69) is 0 Å². The summed E-state index contributed by atoms with van der Waals surface area (Å²) >= 11 is 0. The molecule has 15 heavy (non-hydrogen) atoms. The molecule has 0 aliphatic heterocycles. The first-order valence-corrected chi connectivity index (χ1v) is 4.50. The Bertz CT molecular complexity index is 211. The van der Waals surface area contributed by atoms with Gasteiger partial charge in [-0.25, -0.2) is 8.78 Å². The molecule has 0 saturated heterocycles. The van der Waals surface area contributed by atoms with Crippen molar-refractivity contribution in [3.8, 4) is 0 Å². The molecule has 0 saturated carbocycles. The zero-order valence-electron chi connectivity index (χ0n) is 8.27. The SMILES string of the molecule is CCC[C@@H](N)C(=O)NCC(F)(F)C(F)F. The lowest BCUT2D eigenvalue weighted by Crippen LogP contribution is -2.47. The number of nitrogens with two attached hydrogens (primary N) is 1. The summed E-state index contributed by atoms with van der Waals surface area (Å²) in [6, 6.07) is -0.927. The number of hydrogen-bond donors (Lipinski definition) is 2. The first-order chi connectivity index (χ1) is 6.81. The number of carbonyl (C=O) groups is 1. The van der Waals surface area contributed by atoms with E-state index < -0.39 is 30.8 Å². The fourth-order valence-corrected chi connectivity index (χ4v) is 0.855. The molecule has 0 heterocycles. The van der Waals surface area contributed by atoms with Gasteiger partial charge in [-0.2, -0.15) is 8.78 Å². The number of rotatable bonds is 6. The molecule has 7 heteroatoms. The summed E-state index contributed by atoms with van der Waals surface area (Å²) in [6.45, 7) is 0.377. The Morgan fingerprint density at radius 3 is 2.40 bits per heavy atom. The highest BCUT2D eigenvalue weighted by Crippen LogP contribution is 2.21. The summed E-state index contributed by atoms with van der Waals surface area (Å²) in [4.78, 5) is 11.0. The van der Waals surface area contributed by atoms with E-state index in [1.807, 2.05) is 0 Å². The van der Waals surface area contributed by atoms with Crippen LogP contribution in [0.1, 0.15) is 19.8 Å². The van der Waals surface area contributed by atoms with Crippen LogP contribution in [0.4, 0.5) is 17.6 Å². The third-order valence-electron chi connectivity index (χ3n) is 1.75. The van der Waals surface area contributed by atoms with E-state index >= 15 is 0 Å². The summed E-state index contributed by atoms with van der Waals surface area (Å²) < 4.78 is 48.1. The largest absolute Gasteiger partial charge is 0.348 e. The van der Waals surface area contributed by atoms with Gasteiger partial charge in [0.05, 0.1) is 12.6 Å². The highest BCUT2D eigenvalue weighted by Gasteiger charge is 2.41. The van der Waals surface area contributed by atoms with Gasteiger partial charge in [-0.3, -0.25) is 4.79 Å². The molecule has 0 aromatic rings. The molecule has 3 N–H and O–H groups in total. The minimum atomic E-state index is -4.21. The molecule has 0 aliphatic carbocycles. The molecule has 0 fully saturated rings. The first-order valence-electron chi connectivity index (χ1n) is 4.50. The van der Waals surface area contributed by atoms with Crippen LogP contribution in [0.3, 0.4) is 0 Å². The minimum Gasteiger partial charge on any atom is -0.348 e. The van der Waals surface area contributed by atoms with Crippen molar-refractivity contribution < 1.29 is 22.4 Å². The molecule has 0 spiro atoms. The number of amides is 1. The molecule has 0 aromatic heterocycles. The van der Waals surface area contributed by atoms with Crippen LogP contribution in [0, 0.1) is 0 Å². The van der Waals surface area contributed by atoms with Gasteiger partial charge in [0, 0.05) is 0 Å². The molecule has 1 amide bonds. The number of alkyl halides is 4. The van der Waals surface area contributed by atoms with Gasteiger partial charge in [-0.1, -0.05) is 13.3 Å². The van der Waals surface area contributed by atoms with Crippen LogP contribution < -0.4 is 11.1 Å². The molecule has 0 unspecified atom stereocenters. The highest BCUT2D eigenvalue weighted by atomic mass is 19.3. The fraction of sp³-hybridized carbons (Fsp3) is 0.875. The van der Waals surface area contributed by atoms with E-state index in [-0.39, 0.29) is 0 Å². The lowest BCUT2D eigenvalue weighted by molar-refractivity contribution is -0.137. The van der Waals surface area contributed by atoms with Gasteiger partial charge < -0.3 is 11.1 Å². The van der Waals surface area contributed by atoms with Crippen molar-refractivity contribution in [2.24, 2.45) is 5.73 Å². The Labute approximate surface area is 85.0 Å². The molecule has 0 aliphatic rings. The maximum atomic E-state index is 12.4. The minimum absolute atomic E-state index is 0.325. The fourth-order valence-electron chi connectivity index (χ4n) is 0.855. The van der Waals surface area contributed by atoms with Gasteiger partial charge in [-0.05, 0) is 6.42 Å². The summed E-state index contributed by atoms with van der Waals surface area (Å²) in [5.74, 6) is -5.04. The molecule has 0 bridgehead atoms. The molecular formula is C8H14F4N2O. The zero-order chi connectivity index (χ0) is 12.1. The van der Waals surface area contributed by atoms with Crippen LogP contribution in [-0.2, 0) is 4.79 Å². The Hall–Kier alpha value is -0.850. The number of hydrogen-bond acceptors (Lipinski definition) is 2. The quantitative estimate of drug-likeness (QED) is 0.672. The van der Waals surface area contributed by atoms with E-state index in [4.69, 9.17) is 5.73 Å². The molecule has 3 nitrogen and oxygen atoms in total. The third-order valence-corrected chi connectivity index (χ3v) is 1.75. The van der Waals surface area contributed by atoms with Crippen LogP contribution in [0.5, 0.6) is 0 Å². The van der Waals surface area contributed by atoms with E-state index in [9.17, 15) is 22.4 Å². The van der Waals surface area contributed by atoms with Gasteiger partial charge >= 0.3 is 12.3 Å². The van der Waals surface area contributed by atoms with Crippen LogP contribution in [0.2, 0.25) is 0 Å². The normalized spacial score (nSPS) is 14.1. The highest BCUT2D eigenvalue weighted by molar-refractivity contribution is 5.81. The molecule has 90 valence electrons. The zero-order valence-corrected chi connectivity index (χ0v) is 8.27. The number of halogens is 4. The predicted molar refractivity (Wildman–Crippen MR) is 46.8 cm³/mol. The third kappa shape index (κ3) is 4.96. The predicted octanol–water partition coefficient (Wildman–Crippen LogP) is 1.13. The second-order valence-electron chi connectivity index (χ2n) is 3.17. The lowest BCUT2D eigenvalue weighted by Gasteiger charge is -2.17. The summed E-state index contributed by atoms with van der Waals surface area (Å²) in [5.41, 5.74) is 5.29. The number of nitrogens with one attached hydrogen (secondary N) is 1. The second-order valence-corrected chi connectivity index (χ2v) is 3.17. The average Bonchev–Trinajstić information content (AvgIpc) is 2.14. The van der Waals surface area contributed by atoms with Crippen LogP contribution in [0.15, 0.2) is 0 Å². The number of carbonyl (C=O) groups excluding carboxylic acids is 1. The molecule has 0 rings (SSSR count). The van der Waals surface area contributed by atoms with Crippen LogP contribution in [0.25, 0.3) is 0 Å². The Kier molecular flexibility index (Phi) is 5.56. The van der Waals surface area contributed by atoms with Crippen molar-refractivity contribution in [1.82, 2.24) is 5.32 Å². The summed E-state index contributed by atoms with van der Waals surface area (Å²) in [7, 11) is 0. The smallest absolute Gasteiger partial charge is 0.324 e. The monoisotopic (exact) mass is 230 g/mol. The Balaban J connectivity index is 4.00. The second kappa shape index (κ2) is 5.89. The molecule has 0 aromatic carbocycles. The first kappa shape index (κ1) is 14.2. The maximum absolute atomic E-state index is 12.4. The molecule has 1 atom stereocenters. The molecular weight excluding hydrogens is 216 g/mol. The van der Waals surface area contributed by atoms with E-state index in [0.717, 1.165) is 0 Å². The van der Waals surface area contributed by atoms with Gasteiger partial charge in [0.1, 0.15) is 0 Å². The Morgan fingerprint density at radius 2 is 2.00 bits per heavy atom. The molecule has 0 radical (unpaired) electrons. The van der Waals surface area contributed by atoms with Crippen molar-refractivity contribution in [1.29, 1.82) is 0 Å². The lowest BCUT2D eigenvalue weighted by atomic mass is 10.1. The van der Waals surface area contributed by atoms with Crippen molar-refractivity contribution in [2.45, 2.75) is 38.2 Å². The van der Waals surface area contributed by atoms with Crippen molar-refractivity contribution >= 4 is 5.91 Å². The van der Waals surface area contributed by atoms with Crippen LogP contribution in [-0.4, -0.2) is 30.8 Å². The topological polar surface area (TPSA) is 55.1 Å². The summed E-state index contributed by atoms with van der Waals surface area (Å²) in [5, 5.41) is 1.69. The maximum Gasteiger partial charge on any atom is 0.324 e. The van der Waals surface area contributed by atoms with Gasteiger partial charge in [0.25, 0.3) is 0 Å².